The second kappa shape index (κ2) is 9.18. The number of methoxy groups -OCH3 is 1. The topological polar surface area (TPSA) is 91.4 Å². The highest BCUT2D eigenvalue weighted by Crippen LogP contribution is 2.66. The predicted octanol–water partition coefficient (Wildman–Crippen LogP) is 4.48. The van der Waals surface area contributed by atoms with Crippen molar-refractivity contribution in [2.75, 3.05) is 20.2 Å². The first-order valence-electron chi connectivity index (χ1n) is 14.6. The lowest BCUT2D eigenvalue weighted by Gasteiger charge is -2.63. The molecule has 4 atom stereocenters. The Balaban J connectivity index is 1.49. The van der Waals surface area contributed by atoms with E-state index in [-0.39, 0.29) is 23.3 Å². The average molecular weight is 568 g/mol. The molecule has 0 amide bonds. The number of hydrogen-bond donors (Lipinski definition) is 0. The van der Waals surface area contributed by atoms with Gasteiger partial charge in [-0.1, -0.05) is 26.8 Å². The number of ether oxygens (including phenoxy) is 3. The second-order valence-corrected chi connectivity index (χ2v) is 18.5. The van der Waals surface area contributed by atoms with Crippen LogP contribution in [0.4, 0.5) is 0 Å². The van der Waals surface area contributed by atoms with E-state index in [0.29, 0.717) is 36.7 Å². The Morgan fingerprint density at radius 3 is 2.55 bits per heavy atom. The first-order valence-corrected chi connectivity index (χ1v) is 17.5. The van der Waals surface area contributed by atoms with E-state index in [1.54, 1.807) is 0 Å². The SMILES string of the molecule is COC(=O)/C=C/C(=O)O[C@@]12CCC(=O)[C@@H]3Oc4c(O[Si](C)(C)C(C)(C)C)ccc5c4[C@@]31CCN(CC1CC1)[C@@H]2C5. The molecule has 2 bridgehead atoms. The minimum atomic E-state index is -2.21. The van der Waals surface area contributed by atoms with Crippen molar-refractivity contribution in [2.24, 2.45) is 5.92 Å². The van der Waals surface area contributed by atoms with Gasteiger partial charge in [0, 0.05) is 30.7 Å². The molecule has 5 aliphatic rings. The van der Waals surface area contributed by atoms with Gasteiger partial charge in [0.25, 0.3) is 8.32 Å². The van der Waals surface area contributed by atoms with Gasteiger partial charge in [0.15, 0.2) is 17.6 Å². The lowest BCUT2D eigenvalue weighted by atomic mass is 9.48. The third-order valence-corrected chi connectivity index (χ3v) is 14.9. The molecule has 6 rings (SSSR count). The molecule has 2 aliphatic heterocycles. The molecule has 2 saturated carbocycles. The van der Waals surface area contributed by atoms with Crippen LogP contribution in [-0.4, -0.2) is 68.9 Å². The molecule has 3 aliphatic carbocycles. The molecule has 40 heavy (non-hydrogen) atoms. The number of esters is 2. The summed E-state index contributed by atoms with van der Waals surface area (Å²) in [4.78, 5) is 41.2. The van der Waals surface area contributed by atoms with Gasteiger partial charge in [-0.05, 0) is 74.3 Å². The minimum absolute atomic E-state index is 0.0143. The first kappa shape index (κ1) is 27.5. The van der Waals surface area contributed by atoms with Gasteiger partial charge >= 0.3 is 11.9 Å². The normalized spacial score (nSPS) is 31.0. The molecule has 9 heteroatoms. The zero-order chi connectivity index (χ0) is 28.7. The number of likely N-dealkylation sites (tertiary alicyclic amines) is 1. The van der Waals surface area contributed by atoms with Crippen LogP contribution in [0.15, 0.2) is 24.3 Å². The van der Waals surface area contributed by atoms with E-state index in [1.807, 2.05) is 6.07 Å². The third-order valence-electron chi connectivity index (χ3n) is 10.5. The van der Waals surface area contributed by atoms with Crippen molar-refractivity contribution in [2.45, 2.75) is 101 Å². The van der Waals surface area contributed by atoms with E-state index < -0.39 is 37.4 Å². The summed E-state index contributed by atoms with van der Waals surface area (Å²) < 4.78 is 24.7. The zero-order valence-corrected chi connectivity index (χ0v) is 25.5. The summed E-state index contributed by atoms with van der Waals surface area (Å²) in [5.74, 6) is 0.843. The smallest absolute Gasteiger partial charge is 0.331 e. The van der Waals surface area contributed by atoms with Crippen molar-refractivity contribution < 1.29 is 33.0 Å². The Morgan fingerprint density at radius 2 is 1.88 bits per heavy atom. The number of Topliss-reactive ketones (excluding diaryl/α,β-unsaturated/α-hetero) is 1. The number of carbonyl (C=O) groups is 3. The Bertz CT molecular complexity index is 1300. The van der Waals surface area contributed by atoms with Crippen LogP contribution in [0.5, 0.6) is 11.5 Å². The Hall–Kier alpha value is -2.65. The molecule has 3 fully saturated rings. The summed E-state index contributed by atoms with van der Waals surface area (Å²) in [6.07, 6.45) is 6.02. The lowest BCUT2D eigenvalue weighted by Crippen LogP contribution is -2.77. The number of piperidine rings is 1. The molecular formula is C31H41NO7Si. The quantitative estimate of drug-likeness (QED) is 0.271. The van der Waals surface area contributed by atoms with E-state index in [9.17, 15) is 14.4 Å². The molecule has 0 aromatic heterocycles. The van der Waals surface area contributed by atoms with Gasteiger partial charge < -0.3 is 18.6 Å². The molecule has 1 aromatic rings. The monoisotopic (exact) mass is 567 g/mol. The van der Waals surface area contributed by atoms with Gasteiger partial charge in [-0.25, -0.2) is 9.59 Å². The Kier molecular flexibility index (Phi) is 6.31. The fourth-order valence-corrected chi connectivity index (χ4v) is 8.38. The minimum Gasteiger partial charge on any atom is -0.541 e. The lowest BCUT2D eigenvalue weighted by molar-refractivity contribution is -0.212. The maximum absolute atomic E-state index is 13.6. The van der Waals surface area contributed by atoms with E-state index in [2.05, 4.69) is 49.6 Å². The van der Waals surface area contributed by atoms with E-state index in [1.165, 1.54) is 20.0 Å². The molecular weight excluding hydrogens is 526 g/mol. The summed E-state index contributed by atoms with van der Waals surface area (Å²) >= 11 is 0. The van der Waals surface area contributed by atoms with Crippen molar-refractivity contribution >= 4 is 26.0 Å². The van der Waals surface area contributed by atoms with Crippen LogP contribution < -0.4 is 9.16 Å². The molecule has 2 heterocycles. The number of ketones is 1. The second-order valence-electron chi connectivity index (χ2n) is 13.8. The van der Waals surface area contributed by atoms with Gasteiger partial charge in [0.2, 0.25) is 0 Å². The molecule has 0 radical (unpaired) electrons. The van der Waals surface area contributed by atoms with Crippen LogP contribution >= 0.6 is 0 Å². The fraction of sp³-hybridized carbons (Fsp3) is 0.645. The molecule has 1 saturated heterocycles. The number of carbonyl (C=O) groups excluding carboxylic acids is 3. The van der Waals surface area contributed by atoms with Crippen molar-refractivity contribution in [3.8, 4) is 11.5 Å². The van der Waals surface area contributed by atoms with Crippen LogP contribution in [0, 0.1) is 5.92 Å². The average Bonchev–Trinajstić information content (AvgIpc) is 3.63. The maximum Gasteiger partial charge on any atom is 0.331 e. The summed E-state index contributed by atoms with van der Waals surface area (Å²) in [5.41, 5.74) is 0.396. The maximum atomic E-state index is 13.6. The standard InChI is InChI=1S/C31H41NO7Si/c1-29(2,3)40(5,6)39-22-10-9-20-17-23-31(38-25(35)12-11-24(34)36-4)14-13-21(33)28-30(31,26(20)27(22)37-28)15-16-32(23)18-19-7-8-19/h9-12,19,23,28H,7-8,13-18H2,1-6H3/b12-11+/t23-,28+,30+,31-/m1/s1. The van der Waals surface area contributed by atoms with Gasteiger partial charge in [-0.2, -0.15) is 0 Å². The van der Waals surface area contributed by atoms with Crippen LogP contribution in [0.25, 0.3) is 0 Å². The van der Waals surface area contributed by atoms with Gasteiger partial charge in [0.05, 0.1) is 18.6 Å². The van der Waals surface area contributed by atoms with E-state index in [4.69, 9.17) is 13.9 Å². The highest BCUT2D eigenvalue weighted by molar-refractivity contribution is 6.74. The number of nitrogens with zero attached hydrogens (tertiary/aromatic N) is 1. The van der Waals surface area contributed by atoms with Gasteiger partial charge in [0.1, 0.15) is 11.4 Å². The van der Waals surface area contributed by atoms with Crippen LogP contribution in [0.2, 0.25) is 18.1 Å². The molecule has 216 valence electrons. The highest BCUT2D eigenvalue weighted by Gasteiger charge is 2.75. The first-order chi connectivity index (χ1) is 18.8. The molecule has 1 spiro atoms. The number of benzene rings is 1. The summed E-state index contributed by atoms with van der Waals surface area (Å²) in [6, 6.07) is 4.08. The summed E-state index contributed by atoms with van der Waals surface area (Å²) in [7, 11) is -0.939. The van der Waals surface area contributed by atoms with Crippen LogP contribution in [-0.2, 0) is 35.7 Å². The van der Waals surface area contributed by atoms with Crippen LogP contribution in [0.3, 0.4) is 0 Å². The molecule has 0 N–H and O–H groups in total. The zero-order valence-electron chi connectivity index (χ0n) is 24.5. The molecule has 8 nitrogen and oxygen atoms in total. The van der Waals surface area contributed by atoms with Crippen molar-refractivity contribution in [3.05, 3.63) is 35.4 Å². The summed E-state index contributed by atoms with van der Waals surface area (Å²) in [5, 5.41) is -0.0143. The number of rotatable bonds is 7. The Labute approximate surface area is 237 Å². The van der Waals surface area contributed by atoms with Gasteiger partial charge in [-0.3, -0.25) is 9.69 Å². The van der Waals surface area contributed by atoms with Gasteiger partial charge in [-0.15, -0.1) is 0 Å². The van der Waals surface area contributed by atoms with E-state index >= 15 is 0 Å². The van der Waals surface area contributed by atoms with Crippen molar-refractivity contribution in [1.82, 2.24) is 4.90 Å². The number of hydrogen-bond acceptors (Lipinski definition) is 8. The van der Waals surface area contributed by atoms with Crippen LogP contribution in [0.1, 0.15) is 64.0 Å². The van der Waals surface area contributed by atoms with E-state index in [0.717, 1.165) is 36.4 Å². The largest absolute Gasteiger partial charge is 0.541 e. The fourth-order valence-electron chi connectivity index (χ4n) is 7.36. The Morgan fingerprint density at radius 1 is 1.15 bits per heavy atom. The molecule has 0 unspecified atom stereocenters. The van der Waals surface area contributed by atoms with Crippen molar-refractivity contribution in [1.29, 1.82) is 0 Å². The highest BCUT2D eigenvalue weighted by atomic mass is 28.4. The van der Waals surface area contributed by atoms with Crippen molar-refractivity contribution in [3.63, 3.8) is 0 Å². The summed E-state index contributed by atoms with van der Waals surface area (Å²) in [6.45, 7) is 12.8. The predicted molar refractivity (Wildman–Crippen MR) is 151 cm³/mol. The molecule has 1 aromatic carbocycles. The third kappa shape index (κ3) is 3.98.